The number of nitrogens with zero attached hydrogens (tertiary/aromatic N) is 2. The van der Waals surface area contributed by atoms with E-state index in [0.717, 1.165) is 22.0 Å². The third kappa shape index (κ3) is 6.59. The number of fused-ring (bicyclic) bond motifs is 1. The molecule has 2 aliphatic heterocycles. The van der Waals surface area contributed by atoms with E-state index >= 15 is 0 Å². The second kappa shape index (κ2) is 13.0. The van der Waals surface area contributed by atoms with Crippen LogP contribution < -0.4 is 10.6 Å². The minimum absolute atomic E-state index is 0.0813. The lowest BCUT2D eigenvalue weighted by Gasteiger charge is -2.38. The number of aliphatic carboxylic acids is 1. The Kier molecular flexibility index (Phi) is 9.15. The summed E-state index contributed by atoms with van der Waals surface area (Å²) in [7, 11) is 0. The highest BCUT2D eigenvalue weighted by Gasteiger charge is 2.45. The minimum atomic E-state index is -1.05. The van der Waals surface area contributed by atoms with E-state index in [1.165, 1.54) is 4.90 Å². The smallest absolute Gasteiger partial charge is 0.326 e. The van der Waals surface area contributed by atoms with Gasteiger partial charge in [-0.05, 0) is 49.3 Å². The van der Waals surface area contributed by atoms with E-state index in [-0.39, 0.29) is 24.3 Å². The van der Waals surface area contributed by atoms with E-state index in [1.54, 1.807) is 4.90 Å². The van der Waals surface area contributed by atoms with Gasteiger partial charge < -0.3 is 30.5 Å². The molecule has 1 unspecified atom stereocenters. The Morgan fingerprint density at radius 1 is 1.02 bits per heavy atom. The molecule has 1 aromatic heterocycles. The molecular formula is C33H41N5O5. The van der Waals surface area contributed by atoms with Crippen LogP contribution in [0.15, 0.2) is 60.8 Å². The summed E-state index contributed by atoms with van der Waals surface area (Å²) in [6.07, 6.45) is 3.27. The number of aromatic nitrogens is 1. The Bertz CT molecular complexity index is 1470. The van der Waals surface area contributed by atoms with Crippen LogP contribution in [0.3, 0.4) is 0 Å². The summed E-state index contributed by atoms with van der Waals surface area (Å²) in [4.78, 5) is 59.9. The lowest BCUT2D eigenvalue weighted by atomic mass is 9.98. The van der Waals surface area contributed by atoms with Crippen LogP contribution in [0.25, 0.3) is 10.9 Å². The predicted molar refractivity (Wildman–Crippen MR) is 163 cm³/mol. The average Bonchev–Trinajstić information content (AvgIpc) is 3.51. The van der Waals surface area contributed by atoms with Crippen molar-refractivity contribution < 1.29 is 24.3 Å². The second-order valence-corrected chi connectivity index (χ2v) is 12.2. The number of hydrogen-bond acceptors (Lipinski definition) is 5. The Morgan fingerprint density at radius 2 is 1.74 bits per heavy atom. The van der Waals surface area contributed by atoms with E-state index in [0.29, 0.717) is 32.4 Å². The summed E-state index contributed by atoms with van der Waals surface area (Å²) in [6, 6.07) is 14.1. The molecule has 10 heteroatoms. The number of para-hydroxylation sites is 1. The molecule has 3 aromatic rings. The molecule has 2 fully saturated rings. The maximum absolute atomic E-state index is 14.1. The monoisotopic (exact) mass is 587 g/mol. The summed E-state index contributed by atoms with van der Waals surface area (Å²) in [6.45, 7) is 6.54. The summed E-state index contributed by atoms with van der Waals surface area (Å²) in [5.41, 5.74) is 2.86. The van der Waals surface area contributed by atoms with Crippen LogP contribution >= 0.6 is 0 Å². The number of piperazine rings is 1. The van der Waals surface area contributed by atoms with E-state index in [9.17, 15) is 24.3 Å². The number of carboxylic acids is 1. The van der Waals surface area contributed by atoms with E-state index < -0.39 is 42.0 Å². The van der Waals surface area contributed by atoms with Crippen molar-refractivity contribution in [3.8, 4) is 0 Å². The van der Waals surface area contributed by atoms with Crippen molar-refractivity contribution in [3.63, 3.8) is 0 Å². The molecule has 2 saturated heterocycles. The summed E-state index contributed by atoms with van der Waals surface area (Å²) in [5, 5.41) is 17.1. The maximum atomic E-state index is 14.1. The standard InChI is InChI=1S/C33H41N5O5/c1-20(2)15-29(33(42)43)38-21(3)16-27(32(38)41)36-30(39)28(18-23-19-35-25-12-8-7-11-24(23)25)37-14-13-34-26(31(37)40)17-22-9-5-4-6-10-22/h4-12,19-21,26-29,34-35H,13-18H2,1-3H3,(H,36,39)(H,42,43)/t21?,26-,27-,28-,29-/m0/s1. The van der Waals surface area contributed by atoms with Crippen LogP contribution in [0.1, 0.15) is 44.7 Å². The molecule has 4 N–H and O–H groups in total. The Labute approximate surface area is 251 Å². The Balaban J connectivity index is 1.40. The van der Waals surface area contributed by atoms with E-state index in [1.807, 2.05) is 81.6 Å². The summed E-state index contributed by atoms with van der Waals surface area (Å²) >= 11 is 0. The summed E-state index contributed by atoms with van der Waals surface area (Å²) < 4.78 is 0. The molecule has 2 aliphatic rings. The third-order valence-corrected chi connectivity index (χ3v) is 8.61. The van der Waals surface area contributed by atoms with Gasteiger partial charge in [-0.3, -0.25) is 14.4 Å². The van der Waals surface area contributed by atoms with Gasteiger partial charge in [-0.1, -0.05) is 62.4 Å². The molecule has 5 rings (SSSR count). The molecule has 0 radical (unpaired) electrons. The number of rotatable bonds is 11. The molecule has 10 nitrogen and oxygen atoms in total. The number of carboxylic acid groups (broad SMARTS) is 1. The highest BCUT2D eigenvalue weighted by atomic mass is 16.4. The first-order valence-corrected chi connectivity index (χ1v) is 15.1. The Hall–Kier alpha value is -4.18. The molecule has 228 valence electrons. The number of carbonyl (C=O) groups is 4. The molecule has 3 amide bonds. The topological polar surface area (TPSA) is 135 Å². The molecular weight excluding hydrogens is 546 g/mol. The van der Waals surface area contributed by atoms with Crippen molar-refractivity contribution in [1.29, 1.82) is 0 Å². The van der Waals surface area contributed by atoms with Crippen LogP contribution in [0, 0.1) is 5.92 Å². The maximum Gasteiger partial charge on any atom is 0.326 e. The number of benzene rings is 2. The average molecular weight is 588 g/mol. The van der Waals surface area contributed by atoms with Gasteiger partial charge in [-0.15, -0.1) is 0 Å². The zero-order valence-electron chi connectivity index (χ0n) is 25.0. The van der Waals surface area contributed by atoms with Gasteiger partial charge in [0.25, 0.3) is 0 Å². The predicted octanol–water partition coefficient (Wildman–Crippen LogP) is 2.73. The highest BCUT2D eigenvalue weighted by Crippen LogP contribution is 2.27. The number of H-pyrrole nitrogens is 1. The van der Waals surface area contributed by atoms with Gasteiger partial charge in [0, 0.05) is 42.7 Å². The quantitative estimate of drug-likeness (QED) is 0.273. The number of aromatic amines is 1. The first-order valence-electron chi connectivity index (χ1n) is 15.1. The molecule has 0 aliphatic carbocycles. The highest BCUT2D eigenvalue weighted by molar-refractivity contribution is 5.96. The van der Waals surface area contributed by atoms with Gasteiger partial charge in [0.05, 0.1) is 6.04 Å². The lowest BCUT2D eigenvalue weighted by molar-refractivity contribution is -0.151. The summed E-state index contributed by atoms with van der Waals surface area (Å²) in [5.74, 6) is -1.94. The van der Waals surface area contributed by atoms with Crippen LogP contribution in [-0.2, 0) is 32.0 Å². The first kappa shape index (κ1) is 30.3. The third-order valence-electron chi connectivity index (χ3n) is 8.61. The molecule has 0 spiro atoms. The van der Waals surface area contributed by atoms with Gasteiger partial charge in [0.15, 0.2) is 0 Å². The SMILES string of the molecule is CC(C)C[C@@H](C(=O)O)N1C(=O)[C@@H](NC(=O)[C@H](Cc2c[nH]c3ccccc23)N2CCN[C@@H](Cc3ccccc3)C2=O)CC1C. The molecule has 3 heterocycles. The molecule has 0 saturated carbocycles. The van der Waals surface area contributed by atoms with Gasteiger partial charge in [-0.2, -0.15) is 0 Å². The van der Waals surface area contributed by atoms with Crippen LogP contribution in [-0.4, -0.2) is 86.9 Å². The van der Waals surface area contributed by atoms with Crippen molar-refractivity contribution in [2.24, 2.45) is 5.92 Å². The zero-order chi connectivity index (χ0) is 30.7. The van der Waals surface area contributed by atoms with E-state index in [4.69, 9.17) is 0 Å². The molecule has 5 atom stereocenters. The Morgan fingerprint density at radius 3 is 2.47 bits per heavy atom. The first-order chi connectivity index (χ1) is 20.6. The van der Waals surface area contributed by atoms with Gasteiger partial charge >= 0.3 is 5.97 Å². The largest absolute Gasteiger partial charge is 0.480 e. The van der Waals surface area contributed by atoms with Crippen LogP contribution in [0.2, 0.25) is 0 Å². The van der Waals surface area contributed by atoms with Gasteiger partial charge in [-0.25, -0.2) is 4.79 Å². The fourth-order valence-corrected chi connectivity index (χ4v) is 6.51. The van der Waals surface area contributed by atoms with Crippen molar-refractivity contribution in [2.45, 2.75) is 76.7 Å². The number of likely N-dealkylation sites (tertiary alicyclic amines) is 1. The van der Waals surface area contributed by atoms with Gasteiger partial charge in [0.1, 0.15) is 18.1 Å². The molecule has 2 aromatic carbocycles. The van der Waals surface area contributed by atoms with Crippen molar-refractivity contribution in [1.82, 2.24) is 25.4 Å². The van der Waals surface area contributed by atoms with Crippen LogP contribution in [0.5, 0.6) is 0 Å². The normalized spacial score (nSPS) is 22.3. The van der Waals surface area contributed by atoms with Crippen LogP contribution in [0.4, 0.5) is 0 Å². The number of amides is 3. The number of nitrogens with one attached hydrogen (secondary N) is 3. The molecule has 43 heavy (non-hydrogen) atoms. The van der Waals surface area contributed by atoms with Crippen molar-refractivity contribution in [3.05, 3.63) is 71.9 Å². The zero-order valence-corrected chi connectivity index (χ0v) is 25.0. The fraction of sp³-hybridized carbons (Fsp3) is 0.455. The van der Waals surface area contributed by atoms with Crippen molar-refractivity contribution >= 4 is 34.6 Å². The fourth-order valence-electron chi connectivity index (χ4n) is 6.51. The number of hydrogen-bond donors (Lipinski definition) is 4. The number of carbonyl (C=O) groups excluding carboxylic acids is 3. The molecule has 0 bridgehead atoms. The van der Waals surface area contributed by atoms with Gasteiger partial charge in [0.2, 0.25) is 17.7 Å². The minimum Gasteiger partial charge on any atom is -0.480 e. The van der Waals surface area contributed by atoms with E-state index in [2.05, 4.69) is 15.6 Å². The second-order valence-electron chi connectivity index (χ2n) is 12.2. The van der Waals surface area contributed by atoms with Crippen molar-refractivity contribution in [2.75, 3.05) is 13.1 Å². The lowest BCUT2D eigenvalue weighted by Crippen LogP contribution is -2.63.